The second-order valence-corrected chi connectivity index (χ2v) is 8.47. The molecular weight excluding hydrogens is 335 g/mol. The molecule has 1 aliphatic carbocycles. The number of phosphoric acid groups is 1. The highest BCUT2D eigenvalue weighted by molar-refractivity contribution is 7.47. The number of rotatable bonds is 8. The number of carbonyl (C=O) groups is 2. The Balaban J connectivity index is 2.47. The fraction of sp³-hybridized carbons (Fsp3) is 0.867. The zero-order valence-corrected chi connectivity index (χ0v) is 15.7. The minimum absolute atomic E-state index is 0.104. The van der Waals surface area contributed by atoms with E-state index in [4.69, 9.17) is 9.05 Å². The number of nitrogens with one attached hydrogen (secondary N) is 2. The SMILES string of the molecule is CC(=O)NCC(COP(=O)(O)OC1CCC(C)(C)CC1)NC(C)=O. The van der Waals surface area contributed by atoms with Crippen molar-refractivity contribution in [3.8, 4) is 0 Å². The van der Waals surface area contributed by atoms with Gasteiger partial charge in [0.1, 0.15) is 0 Å². The molecule has 1 aliphatic rings. The van der Waals surface area contributed by atoms with E-state index in [0.717, 1.165) is 12.8 Å². The van der Waals surface area contributed by atoms with Gasteiger partial charge in [-0.2, -0.15) is 0 Å². The summed E-state index contributed by atoms with van der Waals surface area (Å²) < 4.78 is 22.3. The van der Waals surface area contributed by atoms with Gasteiger partial charge >= 0.3 is 7.82 Å². The quantitative estimate of drug-likeness (QED) is 0.565. The highest BCUT2D eigenvalue weighted by atomic mass is 31.2. The Hall–Kier alpha value is -0.950. The summed E-state index contributed by atoms with van der Waals surface area (Å²) in [5.41, 5.74) is 0.231. The summed E-state index contributed by atoms with van der Waals surface area (Å²) >= 11 is 0. The zero-order valence-electron chi connectivity index (χ0n) is 14.8. The summed E-state index contributed by atoms with van der Waals surface area (Å²) in [5.74, 6) is -0.587. The van der Waals surface area contributed by atoms with Crippen molar-refractivity contribution in [3.05, 3.63) is 0 Å². The molecule has 1 fully saturated rings. The molecule has 2 amide bonds. The van der Waals surface area contributed by atoms with E-state index < -0.39 is 13.9 Å². The first kappa shape index (κ1) is 21.1. The Morgan fingerprint density at radius 2 is 1.83 bits per heavy atom. The predicted molar refractivity (Wildman–Crippen MR) is 89.2 cm³/mol. The monoisotopic (exact) mass is 364 g/mol. The molecule has 24 heavy (non-hydrogen) atoms. The van der Waals surface area contributed by atoms with E-state index in [0.29, 0.717) is 12.8 Å². The molecule has 0 saturated heterocycles. The predicted octanol–water partition coefficient (Wildman–Crippen LogP) is 1.73. The maximum absolute atomic E-state index is 12.1. The van der Waals surface area contributed by atoms with Gasteiger partial charge in [-0.3, -0.25) is 18.6 Å². The molecule has 8 nitrogen and oxygen atoms in total. The highest BCUT2D eigenvalue weighted by Gasteiger charge is 2.33. The lowest BCUT2D eigenvalue weighted by Gasteiger charge is -2.34. The van der Waals surface area contributed by atoms with Crippen molar-refractivity contribution in [1.82, 2.24) is 10.6 Å². The van der Waals surface area contributed by atoms with E-state index >= 15 is 0 Å². The van der Waals surface area contributed by atoms with Gasteiger partial charge in [0.05, 0.1) is 18.8 Å². The molecule has 9 heteroatoms. The summed E-state index contributed by atoms with van der Waals surface area (Å²) in [6.45, 7) is 6.87. The highest BCUT2D eigenvalue weighted by Crippen LogP contribution is 2.48. The summed E-state index contributed by atoms with van der Waals surface area (Å²) in [7, 11) is -4.21. The average Bonchev–Trinajstić information content (AvgIpc) is 2.43. The first-order valence-electron chi connectivity index (χ1n) is 8.16. The molecular formula is C15H29N2O6P. The number of hydrogen-bond acceptors (Lipinski definition) is 5. The molecule has 0 aromatic carbocycles. The number of amides is 2. The van der Waals surface area contributed by atoms with Gasteiger partial charge in [0.2, 0.25) is 11.8 Å². The van der Waals surface area contributed by atoms with Gasteiger partial charge < -0.3 is 15.5 Å². The van der Waals surface area contributed by atoms with E-state index in [1.165, 1.54) is 13.8 Å². The van der Waals surface area contributed by atoms with Gasteiger partial charge in [-0.1, -0.05) is 13.8 Å². The molecule has 3 N–H and O–H groups in total. The first-order chi connectivity index (χ1) is 11.0. The zero-order chi connectivity index (χ0) is 18.4. The molecule has 0 aromatic heterocycles. The van der Waals surface area contributed by atoms with Crippen LogP contribution >= 0.6 is 7.82 Å². The van der Waals surface area contributed by atoms with Gasteiger partial charge in [-0.15, -0.1) is 0 Å². The van der Waals surface area contributed by atoms with Crippen LogP contribution in [0, 0.1) is 5.41 Å². The van der Waals surface area contributed by atoms with Gasteiger partial charge in [0, 0.05) is 20.4 Å². The van der Waals surface area contributed by atoms with Crippen molar-refractivity contribution in [3.63, 3.8) is 0 Å². The molecule has 0 heterocycles. The molecule has 0 aromatic rings. The van der Waals surface area contributed by atoms with Crippen LogP contribution in [-0.4, -0.2) is 42.0 Å². The van der Waals surface area contributed by atoms with E-state index in [2.05, 4.69) is 24.5 Å². The van der Waals surface area contributed by atoms with Gasteiger partial charge in [-0.25, -0.2) is 4.57 Å². The molecule has 1 saturated carbocycles. The van der Waals surface area contributed by atoms with Gasteiger partial charge in [-0.05, 0) is 31.1 Å². The van der Waals surface area contributed by atoms with Crippen LogP contribution in [0.15, 0.2) is 0 Å². The summed E-state index contributed by atoms with van der Waals surface area (Å²) in [4.78, 5) is 32.0. The van der Waals surface area contributed by atoms with Crippen LogP contribution in [0.3, 0.4) is 0 Å². The van der Waals surface area contributed by atoms with Gasteiger partial charge in [0.25, 0.3) is 0 Å². The van der Waals surface area contributed by atoms with Crippen molar-refractivity contribution in [1.29, 1.82) is 0 Å². The maximum atomic E-state index is 12.1. The van der Waals surface area contributed by atoms with Crippen LogP contribution in [-0.2, 0) is 23.2 Å². The third-order valence-corrected chi connectivity index (χ3v) is 5.05. The lowest BCUT2D eigenvalue weighted by molar-refractivity contribution is -0.121. The lowest BCUT2D eigenvalue weighted by Crippen LogP contribution is -2.45. The fourth-order valence-electron chi connectivity index (χ4n) is 2.59. The smallest absolute Gasteiger partial charge is 0.354 e. The van der Waals surface area contributed by atoms with Crippen molar-refractivity contribution in [2.75, 3.05) is 13.2 Å². The fourth-order valence-corrected chi connectivity index (χ4v) is 3.60. The summed E-state index contributed by atoms with van der Waals surface area (Å²) in [6, 6.07) is -0.610. The maximum Gasteiger partial charge on any atom is 0.472 e. The molecule has 2 atom stereocenters. The molecule has 0 aliphatic heterocycles. The molecule has 0 radical (unpaired) electrons. The molecule has 1 rings (SSSR count). The third kappa shape index (κ3) is 8.78. The molecule has 2 unspecified atom stereocenters. The Morgan fingerprint density at radius 3 is 2.33 bits per heavy atom. The van der Waals surface area contributed by atoms with E-state index in [9.17, 15) is 19.0 Å². The summed E-state index contributed by atoms with van der Waals surface area (Å²) in [5, 5.41) is 5.09. The Bertz CT molecular complexity index is 486. The van der Waals surface area contributed by atoms with Crippen molar-refractivity contribution in [2.24, 2.45) is 5.41 Å². The molecule has 0 spiro atoms. The minimum atomic E-state index is -4.21. The van der Waals surface area contributed by atoms with Crippen LogP contribution in [0.5, 0.6) is 0 Å². The van der Waals surface area contributed by atoms with E-state index in [1.807, 2.05) is 0 Å². The second-order valence-electron chi connectivity index (χ2n) is 7.07. The van der Waals surface area contributed by atoms with Crippen molar-refractivity contribution < 1.29 is 28.1 Å². The average molecular weight is 364 g/mol. The lowest BCUT2D eigenvalue weighted by atomic mass is 9.76. The van der Waals surface area contributed by atoms with Crippen molar-refractivity contribution in [2.45, 2.75) is 65.5 Å². The van der Waals surface area contributed by atoms with Crippen LogP contribution < -0.4 is 10.6 Å². The van der Waals surface area contributed by atoms with Crippen LogP contribution in [0.1, 0.15) is 53.4 Å². The topological polar surface area (TPSA) is 114 Å². The normalized spacial score (nSPS) is 21.5. The first-order valence-corrected chi connectivity index (χ1v) is 9.66. The minimum Gasteiger partial charge on any atom is -0.354 e. The third-order valence-electron chi connectivity index (χ3n) is 4.01. The standard InChI is InChI=1S/C15H29N2O6P/c1-11(18)16-9-13(17-12(2)19)10-22-24(20,21)23-14-5-7-15(3,4)8-6-14/h13-14H,5-10H2,1-4H3,(H,16,18)(H,17,19)(H,20,21). The number of hydrogen-bond donors (Lipinski definition) is 3. The Morgan fingerprint density at radius 1 is 1.25 bits per heavy atom. The Labute approximate surface area is 143 Å². The number of carbonyl (C=O) groups excluding carboxylic acids is 2. The Kier molecular flexibility index (Phi) is 7.86. The molecule has 0 bridgehead atoms. The summed E-state index contributed by atoms with van der Waals surface area (Å²) in [6.07, 6.45) is 2.97. The molecule has 140 valence electrons. The van der Waals surface area contributed by atoms with Gasteiger partial charge in [0.15, 0.2) is 0 Å². The van der Waals surface area contributed by atoms with E-state index in [1.54, 1.807) is 0 Å². The van der Waals surface area contributed by atoms with Crippen LogP contribution in [0.4, 0.5) is 0 Å². The van der Waals surface area contributed by atoms with Crippen molar-refractivity contribution >= 4 is 19.6 Å². The van der Waals surface area contributed by atoms with Crippen LogP contribution in [0.25, 0.3) is 0 Å². The van der Waals surface area contributed by atoms with Crippen LogP contribution in [0.2, 0.25) is 0 Å². The number of phosphoric ester groups is 1. The van der Waals surface area contributed by atoms with E-state index in [-0.39, 0.29) is 36.5 Å². The largest absolute Gasteiger partial charge is 0.472 e. The second kappa shape index (κ2) is 8.94.